The molecule has 0 radical (unpaired) electrons. The van der Waals surface area contributed by atoms with Gasteiger partial charge in [-0.25, -0.2) is 9.48 Å². The quantitative estimate of drug-likeness (QED) is 0.303. The summed E-state index contributed by atoms with van der Waals surface area (Å²) in [5, 5.41) is 29.7. The fourth-order valence-electron chi connectivity index (χ4n) is 2.90. The van der Waals surface area contributed by atoms with Crippen LogP contribution in [0.3, 0.4) is 0 Å². The summed E-state index contributed by atoms with van der Waals surface area (Å²) in [6.45, 7) is 1.35. The maximum Gasteiger partial charge on any atom is 0.356 e. The molecule has 160 valence electrons. The lowest BCUT2D eigenvalue weighted by molar-refractivity contribution is -0.152. The molecule has 1 unspecified atom stereocenters. The van der Waals surface area contributed by atoms with E-state index in [0.717, 1.165) is 21.3 Å². The van der Waals surface area contributed by atoms with Crippen molar-refractivity contribution in [2.24, 2.45) is 0 Å². The predicted molar refractivity (Wildman–Crippen MR) is 95.1 cm³/mol. The van der Waals surface area contributed by atoms with Crippen molar-refractivity contribution in [2.75, 3.05) is 0 Å². The van der Waals surface area contributed by atoms with Crippen molar-refractivity contribution in [3.63, 3.8) is 0 Å². The molecule has 0 aliphatic carbocycles. The Morgan fingerprint density at radius 3 is 2.60 bits per heavy atom. The van der Waals surface area contributed by atoms with Crippen molar-refractivity contribution in [2.45, 2.75) is 43.0 Å². The minimum absolute atomic E-state index is 0.224. The average Bonchev–Trinajstić information content (AvgIpc) is 3.18. The summed E-state index contributed by atoms with van der Waals surface area (Å²) in [4.78, 5) is 59.8. The molecular weight excluding hydrogens is 424 g/mol. The van der Waals surface area contributed by atoms with Crippen LogP contribution in [-0.2, 0) is 35.3 Å². The summed E-state index contributed by atoms with van der Waals surface area (Å²) >= 11 is 1.12. The summed E-state index contributed by atoms with van der Waals surface area (Å²) in [5.41, 5.74) is -0.508. The maximum atomic E-state index is 12.5. The Morgan fingerprint density at radius 1 is 1.27 bits per heavy atom. The highest BCUT2D eigenvalue weighted by Crippen LogP contribution is 2.44. The Morgan fingerprint density at radius 2 is 2.00 bits per heavy atom. The number of carbonyl (C=O) groups excluding carboxylic acids is 3. The first-order valence-corrected chi connectivity index (χ1v) is 9.52. The number of carbonyl (C=O) groups is 5. The van der Waals surface area contributed by atoms with Gasteiger partial charge in [0.1, 0.15) is 24.3 Å². The van der Waals surface area contributed by atoms with Crippen LogP contribution in [0.1, 0.15) is 19.8 Å². The number of amides is 2. The van der Waals surface area contributed by atoms with E-state index in [1.165, 1.54) is 6.33 Å². The van der Waals surface area contributed by atoms with Crippen molar-refractivity contribution in [3.8, 4) is 0 Å². The molecule has 1 saturated heterocycles. The van der Waals surface area contributed by atoms with Crippen LogP contribution >= 0.6 is 11.8 Å². The third-order valence-corrected chi connectivity index (χ3v) is 5.60. The third-order valence-electron chi connectivity index (χ3n) is 4.21. The molecule has 3 atom stereocenters. The zero-order valence-electron chi connectivity index (χ0n) is 15.4. The molecule has 15 heteroatoms. The Labute approximate surface area is 172 Å². The van der Waals surface area contributed by atoms with Gasteiger partial charge in [0, 0.05) is 0 Å². The van der Waals surface area contributed by atoms with Crippen LogP contribution in [0.25, 0.3) is 0 Å². The molecule has 3 rings (SSSR count). The van der Waals surface area contributed by atoms with Crippen LogP contribution in [0.5, 0.6) is 0 Å². The molecule has 14 nitrogen and oxygen atoms in total. The second-order valence-corrected chi connectivity index (χ2v) is 7.78. The van der Waals surface area contributed by atoms with Gasteiger partial charge in [-0.05, 0) is 17.4 Å². The van der Waals surface area contributed by atoms with Crippen LogP contribution in [0.4, 0.5) is 0 Å². The molecule has 1 aromatic heterocycles. The molecule has 2 aliphatic heterocycles. The Kier molecular flexibility index (Phi) is 6.00. The summed E-state index contributed by atoms with van der Waals surface area (Å²) in [5.74, 6) is -5.08. The number of hydrogen-bond acceptors (Lipinski definition) is 10. The number of fused-ring (bicyclic) bond motifs is 1. The first kappa shape index (κ1) is 21.2. The monoisotopic (exact) mass is 440 g/mol. The molecule has 0 saturated carbocycles. The number of β-lactam (4-membered cyclic amide) rings is 1. The first-order valence-electron chi connectivity index (χ1n) is 8.57. The van der Waals surface area contributed by atoms with Gasteiger partial charge in [-0.3, -0.25) is 24.1 Å². The Hall–Kier alpha value is -3.49. The molecule has 3 heterocycles. The van der Waals surface area contributed by atoms with Gasteiger partial charge in [-0.2, -0.15) is 0 Å². The summed E-state index contributed by atoms with van der Waals surface area (Å²) in [7, 11) is 0. The van der Waals surface area contributed by atoms with E-state index >= 15 is 0 Å². The minimum Gasteiger partial charge on any atom is -0.481 e. The minimum atomic E-state index is -1.49. The van der Waals surface area contributed by atoms with E-state index in [0.29, 0.717) is 0 Å². The number of nitrogens with one attached hydrogen (secondary N) is 1. The second kappa shape index (κ2) is 8.48. The fraction of sp³-hybridized carbons (Fsp3) is 0.467. The zero-order chi connectivity index (χ0) is 22.0. The number of aliphatic carboxylic acids is 2. The van der Waals surface area contributed by atoms with E-state index < -0.39 is 64.9 Å². The smallest absolute Gasteiger partial charge is 0.356 e. The Balaban J connectivity index is 1.73. The van der Waals surface area contributed by atoms with Crippen LogP contribution in [0.2, 0.25) is 0 Å². The number of esters is 1. The van der Waals surface area contributed by atoms with E-state index in [4.69, 9.17) is 9.84 Å². The topological polar surface area (TPSA) is 194 Å². The number of rotatable bonds is 8. The van der Waals surface area contributed by atoms with Crippen LogP contribution in [0, 0.1) is 0 Å². The summed E-state index contributed by atoms with van der Waals surface area (Å²) in [6, 6.07) is -0.972. The molecule has 0 spiro atoms. The molecule has 0 aromatic carbocycles. The van der Waals surface area contributed by atoms with Gasteiger partial charge in [0.15, 0.2) is 11.5 Å². The van der Waals surface area contributed by atoms with Crippen molar-refractivity contribution < 1.29 is 38.9 Å². The van der Waals surface area contributed by atoms with Crippen LogP contribution in [0.15, 0.2) is 17.8 Å². The third kappa shape index (κ3) is 4.24. The molecule has 0 bridgehead atoms. The lowest BCUT2D eigenvalue weighted by atomic mass is 10.0. The van der Waals surface area contributed by atoms with Gasteiger partial charge in [0.05, 0.1) is 18.1 Å². The van der Waals surface area contributed by atoms with E-state index in [-0.39, 0.29) is 12.3 Å². The van der Waals surface area contributed by atoms with Gasteiger partial charge in [0.2, 0.25) is 5.91 Å². The molecule has 2 aliphatic rings. The summed E-state index contributed by atoms with van der Waals surface area (Å²) in [6.07, 6.45) is 0.301. The van der Waals surface area contributed by atoms with E-state index in [9.17, 15) is 29.1 Å². The predicted octanol–water partition coefficient (Wildman–Crippen LogP) is -1.83. The number of tetrazole rings is 1. The molecule has 1 aromatic rings. The SMILES string of the molecule is CC1S[C@@H]2[C@H](NC(=O)Cn3cnnn3)C(=O)N2C(C(=O)O)=C1OC(=O)CCC(=O)O. The largest absolute Gasteiger partial charge is 0.481 e. The normalized spacial score (nSPS) is 22.8. The van der Waals surface area contributed by atoms with Crippen molar-refractivity contribution in [1.82, 2.24) is 30.4 Å². The summed E-state index contributed by atoms with van der Waals surface area (Å²) < 4.78 is 6.24. The highest BCUT2D eigenvalue weighted by atomic mass is 32.2. The van der Waals surface area contributed by atoms with Crippen LogP contribution in [-0.4, -0.2) is 81.7 Å². The zero-order valence-corrected chi connectivity index (χ0v) is 16.2. The number of nitrogens with zero attached hydrogens (tertiary/aromatic N) is 5. The highest BCUT2D eigenvalue weighted by Gasteiger charge is 2.56. The lowest BCUT2D eigenvalue weighted by Crippen LogP contribution is -2.71. The molecular formula is C15H16N6O8S. The number of carboxylic acids is 2. The number of thioether (sulfide) groups is 1. The van der Waals surface area contributed by atoms with Gasteiger partial charge >= 0.3 is 17.9 Å². The maximum absolute atomic E-state index is 12.5. The molecule has 30 heavy (non-hydrogen) atoms. The molecule has 3 N–H and O–H groups in total. The number of aromatic nitrogens is 4. The van der Waals surface area contributed by atoms with Gasteiger partial charge in [-0.1, -0.05) is 0 Å². The van der Waals surface area contributed by atoms with Gasteiger partial charge in [-0.15, -0.1) is 16.9 Å². The van der Waals surface area contributed by atoms with Crippen molar-refractivity contribution >= 4 is 41.5 Å². The fourth-order valence-corrected chi connectivity index (χ4v) is 4.27. The van der Waals surface area contributed by atoms with E-state index in [2.05, 4.69) is 20.8 Å². The first-order chi connectivity index (χ1) is 14.2. The van der Waals surface area contributed by atoms with E-state index in [1.807, 2.05) is 0 Å². The second-order valence-electron chi connectivity index (χ2n) is 6.32. The average molecular weight is 440 g/mol. The molecule has 2 amide bonds. The Bertz CT molecular complexity index is 932. The van der Waals surface area contributed by atoms with Gasteiger partial charge in [0.25, 0.3) is 5.91 Å². The van der Waals surface area contributed by atoms with E-state index in [1.54, 1.807) is 6.92 Å². The standard InChI is InChI=1S/C15H16N6O8S/c1-6-12(29-9(25)3-2-8(23)24)11(15(27)28)21-13(26)10(14(21)30-6)17-7(22)4-20-5-16-18-19-20/h5-6,10,14H,2-4H2,1H3,(H,17,22)(H,23,24)(H,27,28)/t6?,10-,14-/m1/s1. The highest BCUT2D eigenvalue weighted by molar-refractivity contribution is 8.00. The van der Waals surface area contributed by atoms with Crippen LogP contribution < -0.4 is 5.32 Å². The van der Waals surface area contributed by atoms with Gasteiger partial charge < -0.3 is 20.3 Å². The number of carboxylic acid groups (broad SMARTS) is 2. The lowest BCUT2D eigenvalue weighted by Gasteiger charge is -2.50. The number of ether oxygens (including phenoxy) is 1. The van der Waals surface area contributed by atoms with Crippen molar-refractivity contribution in [3.05, 3.63) is 17.8 Å². The number of hydrogen-bond donors (Lipinski definition) is 3. The molecule has 1 fully saturated rings. The van der Waals surface area contributed by atoms with Crippen molar-refractivity contribution in [1.29, 1.82) is 0 Å².